The van der Waals surface area contributed by atoms with E-state index in [0.29, 0.717) is 0 Å². The molecule has 2 heterocycles. The Hall–Kier alpha value is -9.38. The number of furan rings is 2. The van der Waals surface area contributed by atoms with Gasteiger partial charge in [-0.2, -0.15) is 0 Å². The number of fused-ring (bicyclic) bond motifs is 4. The van der Waals surface area contributed by atoms with Crippen molar-refractivity contribution in [1.29, 1.82) is 0 Å². The van der Waals surface area contributed by atoms with E-state index in [1.165, 1.54) is 39.1 Å². The lowest BCUT2D eigenvalue weighted by molar-refractivity contribution is 0.575. The number of hydrogen-bond donors (Lipinski definition) is 0. The summed E-state index contributed by atoms with van der Waals surface area (Å²) in [6.07, 6.45) is 26.3. The fourth-order valence-corrected chi connectivity index (χ4v) is 11.4. The first-order chi connectivity index (χ1) is 37.6. The zero-order valence-corrected chi connectivity index (χ0v) is 42.4. The topological polar surface area (TPSA) is 32.8 Å². The van der Waals surface area contributed by atoms with E-state index in [2.05, 4.69) is 229 Å². The number of hydrogen-bond acceptors (Lipinski definition) is 4. The fraction of sp³-hybridized carbons (Fsp3) is 0.0833. The minimum absolute atomic E-state index is 0.825. The molecule has 13 rings (SSSR count). The number of allylic oxidation sites excluding steroid dienone is 13. The van der Waals surface area contributed by atoms with Gasteiger partial charge in [0.05, 0.1) is 0 Å². The number of para-hydroxylation sites is 5. The Morgan fingerprint density at radius 1 is 0.368 bits per heavy atom. The van der Waals surface area contributed by atoms with Crippen molar-refractivity contribution in [3.63, 3.8) is 0 Å². The van der Waals surface area contributed by atoms with Crippen LogP contribution in [0.25, 0.3) is 61.8 Å². The highest BCUT2D eigenvalue weighted by Crippen LogP contribution is 2.42. The van der Waals surface area contributed by atoms with Crippen LogP contribution in [0, 0.1) is 0 Å². The normalized spacial score (nSPS) is 15.2. The largest absolute Gasteiger partial charge is 0.456 e. The van der Waals surface area contributed by atoms with E-state index < -0.39 is 0 Å². The molecule has 3 aliphatic rings. The Morgan fingerprint density at radius 3 is 1.43 bits per heavy atom. The van der Waals surface area contributed by atoms with Gasteiger partial charge in [-0.15, -0.1) is 0 Å². The minimum atomic E-state index is 0.825. The van der Waals surface area contributed by atoms with Gasteiger partial charge in [-0.1, -0.05) is 177 Å². The minimum Gasteiger partial charge on any atom is -0.456 e. The second kappa shape index (κ2) is 20.5. The van der Waals surface area contributed by atoms with Crippen LogP contribution in [0.15, 0.2) is 286 Å². The van der Waals surface area contributed by atoms with Crippen molar-refractivity contribution in [2.45, 2.75) is 38.5 Å². The van der Waals surface area contributed by atoms with Crippen LogP contribution in [0.3, 0.4) is 0 Å². The Balaban J connectivity index is 0.705. The Labute approximate surface area is 444 Å². The van der Waals surface area contributed by atoms with E-state index in [9.17, 15) is 0 Å². The molecule has 0 aliphatic heterocycles. The summed E-state index contributed by atoms with van der Waals surface area (Å²) in [5, 5.41) is 4.42. The Kier molecular flexibility index (Phi) is 12.5. The first-order valence-corrected chi connectivity index (χ1v) is 26.6. The molecule has 0 radical (unpaired) electrons. The number of rotatable bonds is 12. The fourth-order valence-electron chi connectivity index (χ4n) is 11.4. The van der Waals surface area contributed by atoms with Crippen LogP contribution in [-0.2, 0) is 0 Å². The van der Waals surface area contributed by atoms with Crippen LogP contribution < -0.4 is 20.4 Å². The molecule has 76 heavy (non-hydrogen) atoms. The molecule has 4 nitrogen and oxygen atoms in total. The summed E-state index contributed by atoms with van der Waals surface area (Å²) in [6, 6.07) is 71.0. The van der Waals surface area contributed by atoms with Crippen molar-refractivity contribution in [3.05, 3.63) is 299 Å². The van der Waals surface area contributed by atoms with Crippen molar-refractivity contribution >= 4 is 79.1 Å². The van der Waals surface area contributed by atoms with Gasteiger partial charge in [0, 0.05) is 61.1 Å². The summed E-state index contributed by atoms with van der Waals surface area (Å²) in [6.45, 7) is 3.94. The van der Waals surface area contributed by atoms with E-state index in [4.69, 9.17) is 8.83 Å². The molecule has 4 heteroatoms. The molecule has 0 fully saturated rings. The van der Waals surface area contributed by atoms with Crippen LogP contribution in [-0.4, -0.2) is 0 Å². The summed E-state index contributed by atoms with van der Waals surface area (Å²) in [7, 11) is 0. The molecule has 2 aromatic heterocycles. The average molecular weight is 981 g/mol. The van der Waals surface area contributed by atoms with Gasteiger partial charge in [-0.25, -0.2) is 0 Å². The van der Waals surface area contributed by atoms with Gasteiger partial charge in [-0.3, -0.25) is 0 Å². The van der Waals surface area contributed by atoms with Crippen LogP contribution >= 0.6 is 0 Å². The molecule has 0 unspecified atom stereocenters. The molecule has 0 amide bonds. The molecule has 0 saturated carbocycles. The summed E-state index contributed by atoms with van der Waals surface area (Å²) < 4.78 is 12.7. The van der Waals surface area contributed by atoms with Gasteiger partial charge >= 0.3 is 0 Å². The first-order valence-electron chi connectivity index (χ1n) is 26.6. The second-order valence-corrected chi connectivity index (χ2v) is 19.8. The molecule has 366 valence electrons. The van der Waals surface area contributed by atoms with Crippen molar-refractivity contribution in [1.82, 2.24) is 0 Å². The predicted octanol–water partition coefficient (Wildman–Crippen LogP) is 18.5. The van der Waals surface area contributed by atoms with Crippen LogP contribution in [0.4, 0.5) is 28.4 Å². The molecule has 0 spiro atoms. The Bertz CT molecular complexity index is 4140. The standard InChI is InChI=1S/C72H56N2O2/c1-2-14-65-66-19-9-11-23-69(66)75-71(65)49-50-25-41-60(42-26-50)73(58-15-5-3-6-16-58)61-43-35-55(36-44-61)53-31-27-51(28-32-53)52-29-33-54(34-30-52)56-37-45-62(46-38-56)74(59-17-7-4-8-18-59)63-47-39-57(40-48-63)64-21-13-22-68-67-20-10-12-24-70(67)76-72(64)68/h2-27,29,31,33,35-37,39-45,47-49H,1,28,30,32,34,38,46H2/b65-14-,71-49-. The van der Waals surface area contributed by atoms with Crippen molar-refractivity contribution in [2.24, 2.45) is 0 Å². The quantitative estimate of drug-likeness (QED) is 0.122. The Morgan fingerprint density at radius 2 is 0.842 bits per heavy atom. The third-order valence-corrected chi connectivity index (χ3v) is 15.3. The lowest BCUT2D eigenvalue weighted by Crippen LogP contribution is -2.19. The maximum Gasteiger partial charge on any atom is 0.143 e. The zero-order valence-electron chi connectivity index (χ0n) is 42.4. The van der Waals surface area contributed by atoms with E-state index in [0.717, 1.165) is 127 Å². The van der Waals surface area contributed by atoms with E-state index in [1.54, 1.807) is 0 Å². The highest BCUT2D eigenvalue weighted by molar-refractivity contribution is 6.09. The van der Waals surface area contributed by atoms with Gasteiger partial charge < -0.3 is 18.6 Å². The van der Waals surface area contributed by atoms with Gasteiger partial charge in [0.2, 0.25) is 0 Å². The summed E-state index contributed by atoms with van der Waals surface area (Å²) >= 11 is 0. The summed E-state index contributed by atoms with van der Waals surface area (Å²) in [5.41, 5.74) is 22.3. The van der Waals surface area contributed by atoms with Crippen LogP contribution in [0.2, 0.25) is 0 Å². The summed E-state index contributed by atoms with van der Waals surface area (Å²) in [5.74, 6) is 0. The smallest absolute Gasteiger partial charge is 0.143 e. The average Bonchev–Trinajstić information content (AvgIpc) is 4.05. The molecule has 0 saturated heterocycles. The van der Waals surface area contributed by atoms with E-state index in [1.807, 2.05) is 42.5 Å². The van der Waals surface area contributed by atoms with E-state index >= 15 is 0 Å². The molecule has 0 bridgehead atoms. The molecule has 8 aromatic carbocycles. The third kappa shape index (κ3) is 9.09. The first kappa shape index (κ1) is 46.4. The van der Waals surface area contributed by atoms with Crippen molar-refractivity contribution in [2.75, 3.05) is 9.80 Å². The molecule has 0 atom stereocenters. The molecular weight excluding hydrogens is 925 g/mol. The number of anilines is 5. The van der Waals surface area contributed by atoms with Gasteiger partial charge in [0.1, 0.15) is 22.2 Å². The molecular formula is C72H56N2O2. The highest BCUT2D eigenvalue weighted by atomic mass is 16.3. The number of benzene rings is 8. The van der Waals surface area contributed by atoms with Crippen LogP contribution in [0.5, 0.6) is 0 Å². The SMILES string of the molecule is C=C/C=c1\c(=C\c2ccc(N(c3ccccc3)c3ccc(C4=CC=C(C5=CC=C(C6=CC=C(N(c7ccccc7)c7ccc(-c8cccc9c8oc8ccccc89)cc7)CC6)CC5)CC4)cc3)cc2)oc2ccccc12. The van der Waals surface area contributed by atoms with Crippen LogP contribution in [0.1, 0.15) is 49.7 Å². The van der Waals surface area contributed by atoms with Gasteiger partial charge in [-0.05, 0) is 168 Å². The zero-order chi connectivity index (χ0) is 50.8. The second-order valence-electron chi connectivity index (χ2n) is 19.8. The number of nitrogens with zero attached hydrogens (tertiary/aromatic N) is 2. The van der Waals surface area contributed by atoms with E-state index in [-0.39, 0.29) is 0 Å². The molecule has 3 aliphatic carbocycles. The monoisotopic (exact) mass is 980 g/mol. The predicted molar refractivity (Wildman–Crippen MR) is 319 cm³/mol. The van der Waals surface area contributed by atoms with Crippen molar-refractivity contribution in [3.8, 4) is 11.1 Å². The molecule has 10 aromatic rings. The maximum atomic E-state index is 6.40. The van der Waals surface area contributed by atoms with Gasteiger partial charge in [0.15, 0.2) is 0 Å². The van der Waals surface area contributed by atoms with Crippen molar-refractivity contribution < 1.29 is 8.83 Å². The molecule has 0 N–H and O–H groups in total. The highest BCUT2D eigenvalue weighted by Gasteiger charge is 2.22. The summed E-state index contributed by atoms with van der Waals surface area (Å²) in [4.78, 5) is 4.74. The van der Waals surface area contributed by atoms with Gasteiger partial charge in [0.25, 0.3) is 0 Å². The lowest BCUT2D eigenvalue weighted by atomic mass is 9.83. The third-order valence-electron chi connectivity index (χ3n) is 15.3. The lowest BCUT2D eigenvalue weighted by Gasteiger charge is -2.30. The maximum absolute atomic E-state index is 6.40.